The van der Waals surface area contributed by atoms with Crippen LogP contribution in [0.2, 0.25) is 0 Å². The van der Waals surface area contributed by atoms with Gasteiger partial charge in [0.05, 0.1) is 5.41 Å². The number of hydrogen-bond donors (Lipinski definition) is 0. The highest BCUT2D eigenvalue weighted by atomic mass is 16.3. The summed E-state index contributed by atoms with van der Waals surface area (Å²) in [6.07, 6.45) is 0. The molecule has 11 rings (SSSR count). The summed E-state index contributed by atoms with van der Waals surface area (Å²) in [5, 5.41) is 4.54. The predicted molar refractivity (Wildman–Crippen MR) is 209 cm³/mol. The summed E-state index contributed by atoms with van der Waals surface area (Å²) in [7, 11) is 0. The molecule has 0 unspecified atom stereocenters. The molecule has 238 valence electrons. The van der Waals surface area contributed by atoms with Crippen LogP contribution in [0.5, 0.6) is 0 Å². The Labute approximate surface area is 294 Å². The molecular formula is C49H30O2. The molecule has 2 heterocycles. The van der Waals surface area contributed by atoms with Crippen LogP contribution in [-0.4, -0.2) is 0 Å². The zero-order valence-electron chi connectivity index (χ0n) is 27.6. The number of rotatable bonds is 4. The Kier molecular flexibility index (Phi) is 5.91. The molecular weight excluding hydrogens is 621 g/mol. The summed E-state index contributed by atoms with van der Waals surface area (Å²) in [5.74, 6) is 0. The van der Waals surface area contributed by atoms with Crippen LogP contribution in [0.3, 0.4) is 0 Å². The Morgan fingerprint density at radius 2 is 0.725 bits per heavy atom. The molecule has 1 aliphatic rings. The van der Waals surface area contributed by atoms with Gasteiger partial charge in [-0.05, 0) is 68.8 Å². The lowest BCUT2D eigenvalue weighted by Gasteiger charge is -2.34. The van der Waals surface area contributed by atoms with E-state index in [0.717, 1.165) is 66.1 Å². The summed E-state index contributed by atoms with van der Waals surface area (Å²) < 4.78 is 13.1. The van der Waals surface area contributed by atoms with Crippen molar-refractivity contribution >= 4 is 43.9 Å². The smallest absolute Gasteiger partial charge is 0.143 e. The van der Waals surface area contributed by atoms with Gasteiger partial charge < -0.3 is 8.83 Å². The van der Waals surface area contributed by atoms with Crippen molar-refractivity contribution in [2.24, 2.45) is 0 Å². The molecule has 0 saturated heterocycles. The average Bonchev–Trinajstić information content (AvgIpc) is 3.86. The highest BCUT2D eigenvalue weighted by molar-refractivity contribution is 6.11. The number of fused-ring (bicyclic) bond motifs is 9. The maximum atomic E-state index is 6.55. The fraction of sp³-hybridized carbons (Fsp3) is 0.0204. The van der Waals surface area contributed by atoms with Gasteiger partial charge in [-0.2, -0.15) is 0 Å². The van der Waals surface area contributed by atoms with Crippen LogP contribution in [0.4, 0.5) is 0 Å². The second kappa shape index (κ2) is 10.7. The van der Waals surface area contributed by atoms with Gasteiger partial charge >= 0.3 is 0 Å². The normalized spacial score (nSPS) is 13.3. The summed E-state index contributed by atoms with van der Waals surface area (Å²) in [6.45, 7) is 0. The van der Waals surface area contributed by atoms with Crippen molar-refractivity contribution in [3.63, 3.8) is 0 Å². The molecule has 0 atom stereocenters. The zero-order chi connectivity index (χ0) is 33.5. The van der Waals surface area contributed by atoms with Crippen molar-refractivity contribution in [1.29, 1.82) is 0 Å². The Morgan fingerprint density at radius 1 is 0.314 bits per heavy atom. The van der Waals surface area contributed by atoms with Crippen LogP contribution < -0.4 is 0 Å². The Bertz CT molecular complexity index is 2760. The number of para-hydroxylation sites is 4. The predicted octanol–water partition coefficient (Wildman–Crippen LogP) is 13.2. The van der Waals surface area contributed by atoms with E-state index in [1.54, 1.807) is 0 Å². The first-order valence-corrected chi connectivity index (χ1v) is 17.5. The van der Waals surface area contributed by atoms with Gasteiger partial charge in [-0.1, -0.05) is 158 Å². The Hall–Kier alpha value is -6.64. The van der Waals surface area contributed by atoms with Gasteiger partial charge in [-0.3, -0.25) is 0 Å². The fourth-order valence-electron chi connectivity index (χ4n) is 8.77. The molecule has 0 spiro atoms. The van der Waals surface area contributed by atoms with Crippen molar-refractivity contribution in [1.82, 2.24) is 0 Å². The molecule has 1 aliphatic carbocycles. The van der Waals surface area contributed by atoms with E-state index in [4.69, 9.17) is 8.83 Å². The van der Waals surface area contributed by atoms with Crippen LogP contribution in [0, 0.1) is 0 Å². The van der Waals surface area contributed by atoms with E-state index in [-0.39, 0.29) is 0 Å². The van der Waals surface area contributed by atoms with E-state index in [9.17, 15) is 0 Å². The average molecular weight is 651 g/mol. The molecule has 2 heteroatoms. The molecule has 0 aliphatic heterocycles. The van der Waals surface area contributed by atoms with Crippen molar-refractivity contribution in [2.75, 3.05) is 0 Å². The van der Waals surface area contributed by atoms with Crippen LogP contribution in [0.15, 0.2) is 191 Å². The first-order chi connectivity index (χ1) is 25.3. The van der Waals surface area contributed by atoms with Gasteiger partial charge in [0.15, 0.2) is 0 Å². The topological polar surface area (TPSA) is 26.3 Å². The largest absolute Gasteiger partial charge is 0.455 e. The van der Waals surface area contributed by atoms with E-state index in [0.29, 0.717) is 0 Å². The highest BCUT2D eigenvalue weighted by Gasteiger charge is 2.46. The third-order valence-electron chi connectivity index (χ3n) is 11.0. The molecule has 0 saturated carbocycles. The second-order valence-corrected chi connectivity index (χ2v) is 13.6. The van der Waals surface area contributed by atoms with E-state index in [1.165, 1.54) is 33.4 Å². The van der Waals surface area contributed by atoms with Crippen molar-refractivity contribution in [2.45, 2.75) is 5.41 Å². The molecule has 0 N–H and O–H groups in total. The fourth-order valence-corrected chi connectivity index (χ4v) is 8.77. The molecule has 0 fully saturated rings. The van der Waals surface area contributed by atoms with E-state index < -0.39 is 5.41 Å². The van der Waals surface area contributed by atoms with Gasteiger partial charge in [-0.25, -0.2) is 0 Å². The highest BCUT2D eigenvalue weighted by Crippen LogP contribution is 2.58. The van der Waals surface area contributed by atoms with Crippen LogP contribution >= 0.6 is 0 Å². The van der Waals surface area contributed by atoms with Crippen LogP contribution in [0.1, 0.15) is 22.3 Å². The van der Waals surface area contributed by atoms with Gasteiger partial charge in [0, 0.05) is 32.7 Å². The van der Waals surface area contributed by atoms with E-state index in [1.807, 2.05) is 12.1 Å². The lowest BCUT2D eigenvalue weighted by atomic mass is 9.67. The third-order valence-corrected chi connectivity index (χ3v) is 11.0. The van der Waals surface area contributed by atoms with E-state index in [2.05, 4.69) is 170 Å². The molecule has 2 nitrogen and oxygen atoms in total. The minimum atomic E-state index is -0.567. The van der Waals surface area contributed by atoms with Crippen molar-refractivity contribution in [3.8, 4) is 33.4 Å². The second-order valence-electron chi connectivity index (χ2n) is 13.6. The van der Waals surface area contributed by atoms with Gasteiger partial charge in [-0.15, -0.1) is 0 Å². The zero-order valence-corrected chi connectivity index (χ0v) is 27.6. The SMILES string of the molecule is c1ccc(C2(c3ccccc3)c3cc(-c4cccc5c4oc4ccccc45)ccc3-c3ccc(-c4cccc5c4oc4ccccc45)cc32)cc1. The maximum absolute atomic E-state index is 6.55. The van der Waals surface area contributed by atoms with Gasteiger partial charge in [0.2, 0.25) is 0 Å². The molecule has 51 heavy (non-hydrogen) atoms. The quantitative estimate of drug-likeness (QED) is 0.189. The summed E-state index contributed by atoms with van der Waals surface area (Å²) in [6, 6.07) is 65.6. The molecule has 0 amide bonds. The molecule has 8 aromatic carbocycles. The lowest BCUT2D eigenvalue weighted by molar-refractivity contribution is 0.669. The molecule has 2 aromatic heterocycles. The first-order valence-electron chi connectivity index (χ1n) is 17.5. The number of hydrogen-bond acceptors (Lipinski definition) is 2. The van der Waals surface area contributed by atoms with Crippen molar-refractivity contribution in [3.05, 3.63) is 204 Å². The van der Waals surface area contributed by atoms with Crippen molar-refractivity contribution < 1.29 is 8.83 Å². The minimum absolute atomic E-state index is 0.567. The van der Waals surface area contributed by atoms with Crippen LogP contribution in [-0.2, 0) is 5.41 Å². The minimum Gasteiger partial charge on any atom is -0.455 e. The monoisotopic (exact) mass is 650 g/mol. The van der Waals surface area contributed by atoms with Crippen LogP contribution in [0.25, 0.3) is 77.3 Å². The molecule has 0 bridgehead atoms. The summed E-state index contributed by atoms with van der Waals surface area (Å²) >= 11 is 0. The lowest BCUT2D eigenvalue weighted by Crippen LogP contribution is -2.28. The Morgan fingerprint density at radius 3 is 1.20 bits per heavy atom. The molecule has 10 aromatic rings. The molecule has 0 radical (unpaired) electrons. The van der Waals surface area contributed by atoms with Gasteiger partial charge in [0.1, 0.15) is 22.3 Å². The van der Waals surface area contributed by atoms with E-state index >= 15 is 0 Å². The standard InChI is InChI=1S/C49H30O2/c1-3-13-33(14-4-1)49(34-15-5-2-6-16-34)43-29-31(35-19-11-21-41-39-17-7-9-23-45(39)50-47(35)41)25-27-37(43)38-28-26-32(30-44(38)49)36-20-12-22-42-40-18-8-10-24-46(40)51-48(36)42/h1-30H. The maximum Gasteiger partial charge on any atom is 0.143 e. The third kappa shape index (κ3) is 3.93. The Balaban J connectivity index is 1.20. The summed E-state index contributed by atoms with van der Waals surface area (Å²) in [5.41, 5.74) is 15.0. The number of benzene rings is 8. The van der Waals surface area contributed by atoms with Gasteiger partial charge in [0.25, 0.3) is 0 Å². The summed E-state index contributed by atoms with van der Waals surface area (Å²) in [4.78, 5) is 0. The first kappa shape index (κ1) is 28.2. The number of furan rings is 2.